The fraction of sp³-hybridized carbons (Fsp3) is 0.619. The molecule has 1 heterocycles. The maximum atomic E-state index is 13.2. The number of nitrogens with two attached hydrogens (primary N) is 1. The first-order chi connectivity index (χ1) is 13.2. The van der Waals surface area contributed by atoms with E-state index in [0.717, 1.165) is 37.8 Å². The Labute approximate surface area is 175 Å². The molecular weight excluding hydrogens is 397 g/mol. The van der Waals surface area contributed by atoms with Crippen LogP contribution in [0, 0.1) is 23.2 Å². The van der Waals surface area contributed by atoms with E-state index in [4.69, 9.17) is 28.9 Å². The summed E-state index contributed by atoms with van der Waals surface area (Å²) in [6.45, 7) is 3.84. The summed E-state index contributed by atoms with van der Waals surface area (Å²) in [5.74, 6) is 1.11. The minimum Gasteiger partial charge on any atom is -0.369 e. The molecule has 28 heavy (non-hydrogen) atoms. The predicted molar refractivity (Wildman–Crippen MR) is 109 cm³/mol. The van der Waals surface area contributed by atoms with Gasteiger partial charge in [-0.3, -0.25) is 14.6 Å². The molecule has 0 aromatic heterocycles. The molecule has 2 unspecified atom stereocenters. The van der Waals surface area contributed by atoms with Gasteiger partial charge in [0.25, 0.3) is 5.91 Å². The van der Waals surface area contributed by atoms with Crippen LogP contribution >= 0.6 is 23.2 Å². The van der Waals surface area contributed by atoms with Gasteiger partial charge in [-0.1, -0.05) is 29.3 Å². The van der Waals surface area contributed by atoms with E-state index in [0.29, 0.717) is 27.8 Å². The van der Waals surface area contributed by atoms with Crippen LogP contribution in [0.1, 0.15) is 46.0 Å². The molecule has 1 aliphatic heterocycles. The lowest BCUT2D eigenvalue weighted by molar-refractivity contribution is -0.179. The van der Waals surface area contributed by atoms with E-state index < -0.39 is 5.54 Å². The number of anilines is 1. The highest BCUT2D eigenvalue weighted by atomic mass is 35.5. The standard InChI is InChI=1S/C21H25Cl2N3O2/c1-20(2)19(28)25(26(20)15-5-3-4-14(22)16(15)23)17-12-6-11-7-13(17)10-21(8-11,9-12)18(24)27/h3-5,11-13,17H,6-10H2,1-2H3,(H2,24,27). The van der Waals surface area contributed by atoms with Crippen molar-refractivity contribution in [1.82, 2.24) is 5.01 Å². The van der Waals surface area contributed by atoms with Gasteiger partial charge in [-0.15, -0.1) is 0 Å². The number of nitrogens with zero attached hydrogens (tertiary/aromatic N) is 2. The quantitative estimate of drug-likeness (QED) is 0.801. The Morgan fingerprint density at radius 1 is 1.14 bits per heavy atom. The second-order valence-corrected chi connectivity index (χ2v) is 10.5. The molecule has 1 aromatic carbocycles. The topological polar surface area (TPSA) is 66.6 Å². The van der Waals surface area contributed by atoms with Crippen LogP contribution in [0.15, 0.2) is 18.2 Å². The van der Waals surface area contributed by atoms with Gasteiger partial charge in [0.1, 0.15) is 5.54 Å². The van der Waals surface area contributed by atoms with E-state index in [9.17, 15) is 9.59 Å². The highest BCUT2D eigenvalue weighted by Gasteiger charge is 2.65. The third-order valence-corrected chi connectivity index (χ3v) is 8.47. The number of primary amides is 1. The van der Waals surface area contributed by atoms with Crippen LogP contribution in [0.3, 0.4) is 0 Å². The van der Waals surface area contributed by atoms with Crippen molar-refractivity contribution < 1.29 is 9.59 Å². The number of rotatable bonds is 3. The maximum Gasteiger partial charge on any atom is 0.268 e. The van der Waals surface area contributed by atoms with E-state index in [2.05, 4.69) is 0 Å². The fourth-order valence-corrected chi connectivity index (χ4v) is 7.10. The van der Waals surface area contributed by atoms with Crippen molar-refractivity contribution in [3.8, 4) is 0 Å². The number of amides is 2. The normalized spacial score (nSPS) is 37.9. The lowest BCUT2D eigenvalue weighted by atomic mass is 9.47. The summed E-state index contributed by atoms with van der Waals surface area (Å²) < 4.78 is 0. The summed E-state index contributed by atoms with van der Waals surface area (Å²) in [7, 11) is 0. The van der Waals surface area contributed by atoms with E-state index in [-0.39, 0.29) is 23.3 Å². The van der Waals surface area contributed by atoms with Crippen molar-refractivity contribution in [2.75, 3.05) is 5.01 Å². The maximum absolute atomic E-state index is 13.2. The Balaban J connectivity index is 1.53. The van der Waals surface area contributed by atoms with Crippen molar-refractivity contribution in [2.45, 2.75) is 57.5 Å². The third kappa shape index (κ3) is 2.26. The first-order valence-electron chi connectivity index (χ1n) is 10.0. The SMILES string of the molecule is CC1(C)C(=O)N(C2C3CC4CC2CC(C(N)=O)(C4)C3)N1c1cccc(Cl)c1Cl. The second-order valence-electron chi connectivity index (χ2n) is 9.70. The lowest BCUT2D eigenvalue weighted by Crippen LogP contribution is -2.80. The third-order valence-electron chi connectivity index (χ3n) is 7.66. The van der Waals surface area contributed by atoms with E-state index in [1.165, 1.54) is 0 Å². The first-order valence-corrected chi connectivity index (χ1v) is 10.8. The highest BCUT2D eigenvalue weighted by Crippen LogP contribution is 2.62. The summed E-state index contributed by atoms with van der Waals surface area (Å²) in [6, 6.07) is 5.63. The molecule has 4 bridgehead atoms. The van der Waals surface area contributed by atoms with Crippen LogP contribution in [-0.2, 0) is 9.59 Å². The van der Waals surface area contributed by atoms with E-state index in [1.54, 1.807) is 6.07 Å². The number of carbonyl (C=O) groups excluding carboxylic acids is 2. The molecule has 1 aromatic rings. The molecule has 2 N–H and O–H groups in total. The van der Waals surface area contributed by atoms with Crippen LogP contribution in [0.2, 0.25) is 10.0 Å². The van der Waals surface area contributed by atoms with E-state index >= 15 is 0 Å². The minimum atomic E-state index is -0.676. The lowest BCUT2D eigenvalue weighted by Gasteiger charge is -2.67. The van der Waals surface area contributed by atoms with E-state index in [1.807, 2.05) is 36.0 Å². The number of hydrogen-bond acceptors (Lipinski definition) is 3. The van der Waals surface area contributed by atoms with Crippen molar-refractivity contribution in [3.05, 3.63) is 28.2 Å². The van der Waals surface area contributed by atoms with Crippen molar-refractivity contribution in [2.24, 2.45) is 28.9 Å². The molecule has 1 saturated heterocycles. The molecule has 0 spiro atoms. The monoisotopic (exact) mass is 421 g/mol. The Bertz CT molecular complexity index is 870. The molecule has 2 atom stereocenters. The smallest absolute Gasteiger partial charge is 0.268 e. The molecule has 7 heteroatoms. The molecule has 0 radical (unpaired) electrons. The van der Waals surface area contributed by atoms with Crippen LogP contribution in [0.25, 0.3) is 0 Å². The average molecular weight is 422 g/mol. The molecule has 5 fully saturated rings. The van der Waals surface area contributed by atoms with Gasteiger partial charge in [0, 0.05) is 5.41 Å². The molecular formula is C21H25Cl2N3O2. The van der Waals surface area contributed by atoms with Gasteiger partial charge in [0.05, 0.1) is 21.8 Å². The Morgan fingerprint density at radius 3 is 2.39 bits per heavy atom. The number of hydrogen-bond donors (Lipinski definition) is 1. The van der Waals surface area contributed by atoms with Gasteiger partial charge in [-0.25, -0.2) is 5.01 Å². The summed E-state index contributed by atoms with van der Waals surface area (Å²) >= 11 is 12.8. The second kappa shape index (κ2) is 5.79. The zero-order valence-electron chi connectivity index (χ0n) is 16.1. The molecule has 2 amide bonds. The predicted octanol–water partition coefficient (Wildman–Crippen LogP) is 4.02. The van der Waals surface area contributed by atoms with Crippen molar-refractivity contribution in [1.29, 1.82) is 0 Å². The van der Waals surface area contributed by atoms with Gasteiger partial charge in [-0.05, 0) is 75.8 Å². The Hall–Kier alpha value is -1.46. The van der Waals surface area contributed by atoms with Gasteiger partial charge < -0.3 is 5.73 Å². The van der Waals surface area contributed by atoms with Crippen LogP contribution in [0.4, 0.5) is 5.69 Å². The number of carbonyl (C=O) groups is 2. The largest absolute Gasteiger partial charge is 0.369 e. The number of hydrazine groups is 1. The Morgan fingerprint density at radius 2 is 1.79 bits per heavy atom. The first kappa shape index (κ1) is 18.6. The van der Waals surface area contributed by atoms with Gasteiger partial charge in [0.2, 0.25) is 5.91 Å². The molecule has 5 nitrogen and oxygen atoms in total. The highest BCUT2D eigenvalue weighted by molar-refractivity contribution is 6.43. The van der Waals surface area contributed by atoms with Gasteiger partial charge in [-0.2, -0.15) is 0 Å². The summed E-state index contributed by atoms with van der Waals surface area (Å²) in [4.78, 5) is 25.5. The fourth-order valence-electron chi connectivity index (χ4n) is 6.73. The zero-order chi connectivity index (χ0) is 20.0. The molecule has 5 aliphatic rings. The zero-order valence-corrected chi connectivity index (χ0v) is 17.6. The van der Waals surface area contributed by atoms with Crippen LogP contribution in [-0.4, -0.2) is 28.4 Å². The average Bonchev–Trinajstić information content (AvgIpc) is 2.62. The van der Waals surface area contributed by atoms with Gasteiger partial charge in [0.15, 0.2) is 0 Å². The minimum absolute atomic E-state index is 0.0969. The van der Waals surface area contributed by atoms with Gasteiger partial charge >= 0.3 is 0 Å². The van der Waals surface area contributed by atoms with Crippen molar-refractivity contribution in [3.63, 3.8) is 0 Å². The summed E-state index contributed by atoms with van der Waals surface area (Å²) in [5, 5.41) is 4.88. The summed E-state index contributed by atoms with van der Waals surface area (Å²) in [5.41, 5.74) is 5.54. The van der Waals surface area contributed by atoms with Crippen LogP contribution in [0.5, 0.6) is 0 Å². The van der Waals surface area contributed by atoms with Crippen LogP contribution < -0.4 is 10.7 Å². The summed E-state index contributed by atoms with van der Waals surface area (Å²) in [6.07, 6.45) is 4.64. The Kier molecular flexibility index (Phi) is 3.84. The number of benzene rings is 1. The van der Waals surface area contributed by atoms with Crippen molar-refractivity contribution >= 4 is 40.7 Å². The molecule has 150 valence electrons. The molecule has 4 aliphatic carbocycles. The number of halogens is 2. The molecule has 6 rings (SSSR count). The molecule has 4 saturated carbocycles.